The van der Waals surface area contributed by atoms with Gasteiger partial charge in [-0.05, 0) is 25.0 Å². The minimum absolute atomic E-state index is 0.0400. The van der Waals surface area contributed by atoms with E-state index in [9.17, 15) is 4.79 Å². The molecule has 0 spiro atoms. The molecule has 2 aliphatic rings. The lowest BCUT2D eigenvalue weighted by Gasteiger charge is -2.11. The van der Waals surface area contributed by atoms with Crippen molar-refractivity contribution < 1.29 is 23.4 Å². The van der Waals surface area contributed by atoms with Crippen molar-refractivity contribution in [3.05, 3.63) is 51.2 Å². The fourth-order valence-electron chi connectivity index (χ4n) is 3.50. The van der Waals surface area contributed by atoms with Crippen molar-refractivity contribution in [2.75, 3.05) is 6.79 Å². The third kappa shape index (κ3) is 2.82. The summed E-state index contributed by atoms with van der Waals surface area (Å²) in [7, 11) is 0. The van der Waals surface area contributed by atoms with Crippen LogP contribution in [0.4, 0.5) is 0 Å². The number of ether oxygens (including phenoxy) is 3. The van der Waals surface area contributed by atoms with Gasteiger partial charge in [-0.15, -0.1) is 0 Å². The molecule has 0 N–H and O–H groups in total. The summed E-state index contributed by atoms with van der Waals surface area (Å²) in [5.74, 6) is 2.21. The highest BCUT2D eigenvalue weighted by atomic mass is 35.5. The molecule has 0 amide bonds. The SMILES string of the molecule is O=C1CCCc2c1oc1cc(OCc3cc4c(cc3Cl)OCO4)c(Cl)cc21. The summed E-state index contributed by atoms with van der Waals surface area (Å²) >= 11 is 12.7. The maximum atomic E-state index is 12.1. The van der Waals surface area contributed by atoms with E-state index in [1.807, 2.05) is 0 Å². The monoisotopic (exact) mass is 404 g/mol. The first kappa shape index (κ1) is 16.8. The van der Waals surface area contributed by atoms with Gasteiger partial charge in [0.25, 0.3) is 0 Å². The van der Waals surface area contributed by atoms with Crippen molar-refractivity contribution in [1.82, 2.24) is 0 Å². The summed E-state index contributed by atoms with van der Waals surface area (Å²) in [5.41, 5.74) is 2.30. The number of benzene rings is 2. The number of halogens is 2. The molecule has 0 atom stereocenters. The summed E-state index contributed by atoms with van der Waals surface area (Å²) < 4.78 is 22.3. The molecule has 5 nitrogen and oxygen atoms in total. The Kier molecular flexibility index (Phi) is 3.95. The zero-order valence-corrected chi connectivity index (χ0v) is 15.7. The van der Waals surface area contributed by atoms with Gasteiger partial charge < -0.3 is 18.6 Å². The Balaban J connectivity index is 1.46. The lowest BCUT2D eigenvalue weighted by atomic mass is 9.95. The summed E-state index contributed by atoms with van der Waals surface area (Å²) in [4.78, 5) is 12.1. The predicted molar refractivity (Wildman–Crippen MR) is 100 cm³/mol. The molecule has 0 bridgehead atoms. The molecule has 0 saturated carbocycles. The molecule has 2 aromatic carbocycles. The number of carbonyl (C=O) groups is 1. The average Bonchev–Trinajstić information content (AvgIpc) is 3.24. The Morgan fingerprint density at radius 1 is 1.00 bits per heavy atom. The number of hydrogen-bond acceptors (Lipinski definition) is 5. The Labute approximate surface area is 164 Å². The van der Waals surface area contributed by atoms with Gasteiger partial charge in [-0.3, -0.25) is 4.79 Å². The zero-order chi connectivity index (χ0) is 18.5. The van der Waals surface area contributed by atoms with Crippen LogP contribution in [0, 0.1) is 0 Å². The quantitative estimate of drug-likeness (QED) is 0.571. The average molecular weight is 405 g/mol. The highest BCUT2D eigenvalue weighted by molar-refractivity contribution is 6.33. The number of Topliss-reactive ketones (excluding diaryl/α,β-unsaturated/α-hetero) is 1. The molecule has 0 radical (unpaired) electrons. The smallest absolute Gasteiger partial charge is 0.231 e. The van der Waals surface area contributed by atoms with Crippen LogP contribution in [0.2, 0.25) is 10.0 Å². The number of aryl methyl sites for hydroxylation is 1. The lowest BCUT2D eigenvalue weighted by molar-refractivity contribution is 0.0946. The van der Waals surface area contributed by atoms with Crippen LogP contribution in [-0.4, -0.2) is 12.6 Å². The number of fused-ring (bicyclic) bond motifs is 4. The number of ketones is 1. The first-order chi connectivity index (χ1) is 13.1. The summed E-state index contributed by atoms with van der Waals surface area (Å²) in [6.07, 6.45) is 2.17. The van der Waals surface area contributed by atoms with Gasteiger partial charge in [0.2, 0.25) is 6.79 Å². The molecular formula is C20H14Cl2O5. The Hall–Kier alpha value is -2.37. The summed E-state index contributed by atoms with van der Waals surface area (Å²) in [6, 6.07) is 7.03. The van der Waals surface area contributed by atoms with Gasteiger partial charge in [0.15, 0.2) is 23.0 Å². The molecule has 0 fully saturated rings. The molecule has 1 aliphatic carbocycles. The van der Waals surface area contributed by atoms with Gasteiger partial charge in [0, 0.05) is 35.1 Å². The topological polar surface area (TPSA) is 57.9 Å². The third-order valence-corrected chi connectivity index (χ3v) is 5.50. The largest absolute Gasteiger partial charge is 0.487 e. The summed E-state index contributed by atoms with van der Waals surface area (Å²) in [5, 5.41) is 1.85. The van der Waals surface area contributed by atoms with E-state index in [1.54, 1.807) is 24.3 Å². The van der Waals surface area contributed by atoms with E-state index in [4.69, 9.17) is 41.8 Å². The molecular weight excluding hydrogens is 391 g/mol. The molecule has 1 aromatic heterocycles. The van der Waals surface area contributed by atoms with Crippen LogP contribution < -0.4 is 14.2 Å². The van der Waals surface area contributed by atoms with Gasteiger partial charge in [-0.25, -0.2) is 0 Å². The minimum Gasteiger partial charge on any atom is -0.487 e. The Morgan fingerprint density at radius 2 is 1.81 bits per heavy atom. The van der Waals surface area contributed by atoms with E-state index in [-0.39, 0.29) is 19.2 Å². The van der Waals surface area contributed by atoms with Crippen molar-refractivity contribution in [3.63, 3.8) is 0 Å². The number of hydrogen-bond donors (Lipinski definition) is 0. The van der Waals surface area contributed by atoms with Gasteiger partial charge >= 0.3 is 0 Å². The second-order valence-corrected chi connectivity index (χ2v) is 7.37. The zero-order valence-electron chi connectivity index (χ0n) is 14.1. The molecule has 3 aromatic rings. The standard InChI is InChI=1S/C20H14Cl2O5/c21-13-6-19-18(25-9-26-19)4-10(13)8-24-17-7-16-12(5-14(17)22)11-2-1-3-15(23)20(11)27-16/h4-7H,1-3,8-9H2. The number of carbonyl (C=O) groups excluding carboxylic acids is 1. The van der Waals surface area contributed by atoms with Crippen molar-refractivity contribution in [2.24, 2.45) is 0 Å². The number of rotatable bonds is 3. The highest BCUT2D eigenvalue weighted by Crippen LogP contribution is 2.39. The number of furan rings is 1. The molecule has 7 heteroatoms. The maximum absolute atomic E-state index is 12.1. The fourth-order valence-corrected chi connectivity index (χ4v) is 3.92. The molecule has 5 rings (SSSR count). The van der Waals surface area contributed by atoms with E-state index < -0.39 is 0 Å². The predicted octanol–water partition coefficient (Wildman–Crippen LogP) is 5.57. The molecule has 138 valence electrons. The van der Waals surface area contributed by atoms with E-state index in [0.29, 0.717) is 45.1 Å². The molecule has 2 heterocycles. The normalized spacial score (nSPS) is 15.3. The first-order valence-electron chi connectivity index (χ1n) is 8.59. The second-order valence-electron chi connectivity index (χ2n) is 6.55. The van der Waals surface area contributed by atoms with E-state index in [1.165, 1.54) is 0 Å². The van der Waals surface area contributed by atoms with Crippen LogP contribution in [0.5, 0.6) is 17.2 Å². The van der Waals surface area contributed by atoms with E-state index >= 15 is 0 Å². The van der Waals surface area contributed by atoms with Crippen molar-refractivity contribution in [3.8, 4) is 17.2 Å². The maximum Gasteiger partial charge on any atom is 0.231 e. The van der Waals surface area contributed by atoms with Crippen molar-refractivity contribution >= 4 is 40.0 Å². The molecule has 0 unspecified atom stereocenters. The third-order valence-electron chi connectivity index (χ3n) is 4.85. The fraction of sp³-hybridized carbons (Fsp3) is 0.250. The Bertz CT molecular complexity index is 1090. The van der Waals surface area contributed by atoms with Crippen LogP contribution >= 0.6 is 23.2 Å². The van der Waals surface area contributed by atoms with Crippen LogP contribution in [0.1, 0.15) is 34.5 Å². The van der Waals surface area contributed by atoms with Gasteiger partial charge in [-0.2, -0.15) is 0 Å². The molecule has 0 saturated heterocycles. The first-order valence-corrected chi connectivity index (χ1v) is 9.34. The highest BCUT2D eigenvalue weighted by Gasteiger charge is 2.25. The van der Waals surface area contributed by atoms with Gasteiger partial charge in [0.05, 0.1) is 10.0 Å². The minimum atomic E-state index is 0.0400. The van der Waals surface area contributed by atoms with E-state index in [2.05, 4.69) is 0 Å². The van der Waals surface area contributed by atoms with Crippen molar-refractivity contribution in [1.29, 1.82) is 0 Å². The van der Waals surface area contributed by atoms with Crippen LogP contribution in [-0.2, 0) is 13.0 Å². The van der Waals surface area contributed by atoms with E-state index in [0.717, 1.165) is 29.4 Å². The van der Waals surface area contributed by atoms with Crippen LogP contribution in [0.15, 0.2) is 28.7 Å². The molecule has 27 heavy (non-hydrogen) atoms. The van der Waals surface area contributed by atoms with Gasteiger partial charge in [0.1, 0.15) is 17.9 Å². The second kappa shape index (κ2) is 6.36. The Morgan fingerprint density at radius 3 is 2.67 bits per heavy atom. The lowest BCUT2D eigenvalue weighted by Crippen LogP contribution is -2.07. The van der Waals surface area contributed by atoms with Gasteiger partial charge in [-0.1, -0.05) is 23.2 Å². The van der Waals surface area contributed by atoms with Crippen LogP contribution in [0.3, 0.4) is 0 Å². The van der Waals surface area contributed by atoms with Crippen LogP contribution in [0.25, 0.3) is 11.0 Å². The summed E-state index contributed by atoms with van der Waals surface area (Å²) in [6.45, 7) is 0.389. The molecule has 1 aliphatic heterocycles. The van der Waals surface area contributed by atoms with Crippen molar-refractivity contribution in [2.45, 2.75) is 25.9 Å².